The summed E-state index contributed by atoms with van der Waals surface area (Å²) in [6, 6.07) is 17.6. The van der Waals surface area contributed by atoms with Gasteiger partial charge in [-0.2, -0.15) is 5.10 Å². The van der Waals surface area contributed by atoms with Crippen molar-refractivity contribution in [2.45, 2.75) is 38.1 Å². The van der Waals surface area contributed by atoms with Crippen LogP contribution in [0.2, 0.25) is 0 Å². The van der Waals surface area contributed by atoms with Gasteiger partial charge in [0.15, 0.2) is 0 Å². The fourth-order valence-corrected chi connectivity index (χ4v) is 4.90. The van der Waals surface area contributed by atoms with Gasteiger partial charge < -0.3 is 10.4 Å². The SMILES string of the molecule is O=C(O)CC(c1cnc2ccccc2n1)n1ncc2cc(CCc3ccc4c(n3)NCCC4)ccc21. The number of carboxylic acid groups (broad SMARTS) is 1. The molecule has 180 valence electrons. The number of nitrogens with zero attached hydrogens (tertiary/aromatic N) is 5. The first-order valence-electron chi connectivity index (χ1n) is 12.3. The highest BCUT2D eigenvalue weighted by Crippen LogP contribution is 2.27. The summed E-state index contributed by atoms with van der Waals surface area (Å²) < 4.78 is 1.75. The van der Waals surface area contributed by atoms with E-state index in [2.05, 4.69) is 39.7 Å². The molecule has 0 radical (unpaired) electrons. The number of carboxylic acids is 1. The van der Waals surface area contributed by atoms with E-state index in [9.17, 15) is 9.90 Å². The molecule has 0 bridgehead atoms. The quantitative estimate of drug-likeness (QED) is 0.353. The maximum Gasteiger partial charge on any atom is 0.305 e. The second-order valence-electron chi connectivity index (χ2n) is 9.22. The topological polar surface area (TPSA) is 106 Å². The molecule has 0 amide bonds. The predicted molar refractivity (Wildman–Crippen MR) is 138 cm³/mol. The Kier molecular flexibility index (Phi) is 5.77. The number of hydrogen-bond donors (Lipinski definition) is 2. The van der Waals surface area contributed by atoms with Crippen LogP contribution >= 0.6 is 0 Å². The monoisotopic (exact) mass is 478 g/mol. The van der Waals surface area contributed by atoms with Crippen molar-refractivity contribution >= 4 is 33.7 Å². The third kappa shape index (κ3) is 4.37. The molecule has 2 aromatic carbocycles. The summed E-state index contributed by atoms with van der Waals surface area (Å²) in [7, 11) is 0. The van der Waals surface area contributed by atoms with Gasteiger partial charge in [-0.15, -0.1) is 0 Å². The van der Waals surface area contributed by atoms with E-state index in [1.807, 2.05) is 30.3 Å². The summed E-state index contributed by atoms with van der Waals surface area (Å²) in [5, 5.41) is 18.6. The van der Waals surface area contributed by atoms with Crippen molar-refractivity contribution in [1.82, 2.24) is 24.7 Å². The molecule has 5 aromatic rings. The van der Waals surface area contributed by atoms with Crippen LogP contribution < -0.4 is 5.32 Å². The van der Waals surface area contributed by atoms with E-state index in [1.165, 1.54) is 11.1 Å². The molecule has 2 N–H and O–H groups in total. The molecule has 8 heteroatoms. The molecule has 3 aromatic heterocycles. The van der Waals surface area contributed by atoms with Crippen LogP contribution in [0.3, 0.4) is 0 Å². The normalized spacial score (nSPS) is 13.9. The van der Waals surface area contributed by atoms with E-state index in [-0.39, 0.29) is 6.42 Å². The average molecular weight is 479 g/mol. The molecule has 1 unspecified atom stereocenters. The van der Waals surface area contributed by atoms with Gasteiger partial charge in [0.05, 0.1) is 41.1 Å². The number of carbonyl (C=O) groups is 1. The lowest BCUT2D eigenvalue weighted by Gasteiger charge is -2.17. The van der Waals surface area contributed by atoms with Gasteiger partial charge in [-0.3, -0.25) is 14.5 Å². The molecule has 0 saturated carbocycles. The number of aliphatic carboxylic acids is 1. The van der Waals surface area contributed by atoms with Crippen molar-refractivity contribution in [2.24, 2.45) is 0 Å². The van der Waals surface area contributed by atoms with Crippen LogP contribution in [0.5, 0.6) is 0 Å². The number of rotatable bonds is 7. The number of aryl methyl sites for hydroxylation is 3. The Balaban J connectivity index is 1.27. The maximum absolute atomic E-state index is 11.7. The van der Waals surface area contributed by atoms with Crippen molar-refractivity contribution in [3.63, 3.8) is 0 Å². The summed E-state index contributed by atoms with van der Waals surface area (Å²) in [4.78, 5) is 25.7. The lowest BCUT2D eigenvalue weighted by molar-refractivity contribution is -0.137. The molecule has 4 heterocycles. The van der Waals surface area contributed by atoms with Gasteiger partial charge in [-0.05, 0) is 67.1 Å². The van der Waals surface area contributed by atoms with Crippen LogP contribution in [0.4, 0.5) is 5.82 Å². The van der Waals surface area contributed by atoms with E-state index in [0.29, 0.717) is 5.69 Å². The number of pyridine rings is 1. The Hall–Kier alpha value is -4.33. The Morgan fingerprint density at radius 3 is 2.81 bits per heavy atom. The van der Waals surface area contributed by atoms with E-state index < -0.39 is 12.0 Å². The number of anilines is 1. The van der Waals surface area contributed by atoms with E-state index in [4.69, 9.17) is 9.97 Å². The molecule has 0 fully saturated rings. The number of para-hydroxylation sites is 2. The van der Waals surface area contributed by atoms with Gasteiger partial charge in [0.25, 0.3) is 0 Å². The smallest absolute Gasteiger partial charge is 0.305 e. The Morgan fingerprint density at radius 1 is 1.03 bits per heavy atom. The number of fused-ring (bicyclic) bond motifs is 3. The highest BCUT2D eigenvalue weighted by Gasteiger charge is 2.23. The molecule has 36 heavy (non-hydrogen) atoms. The van der Waals surface area contributed by atoms with Crippen LogP contribution in [-0.2, 0) is 24.1 Å². The first-order chi connectivity index (χ1) is 17.6. The molecule has 1 aliphatic heterocycles. The second kappa shape index (κ2) is 9.37. The molecule has 1 aliphatic rings. The summed E-state index contributed by atoms with van der Waals surface area (Å²) in [5.41, 5.74) is 6.52. The predicted octanol–water partition coefficient (Wildman–Crippen LogP) is 4.58. The molecular weight excluding hydrogens is 452 g/mol. The van der Waals surface area contributed by atoms with E-state index >= 15 is 0 Å². The zero-order valence-corrected chi connectivity index (χ0v) is 19.8. The Labute approximate surface area is 208 Å². The largest absolute Gasteiger partial charge is 0.481 e. The first-order valence-corrected chi connectivity index (χ1v) is 12.3. The molecule has 0 saturated heterocycles. The lowest BCUT2D eigenvalue weighted by Crippen LogP contribution is -2.18. The van der Waals surface area contributed by atoms with Gasteiger partial charge in [-0.1, -0.05) is 24.3 Å². The summed E-state index contributed by atoms with van der Waals surface area (Å²) in [5.74, 6) is 0.110. The second-order valence-corrected chi connectivity index (χ2v) is 9.22. The molecule has 6 rings (SSSR count). The third-order valence-electron chi connectivity index (χ3n) is 6.75. The zero-order chi connectivity index (χ0) is 24.5. The number of hydrogen-bond acceptors (Lipinski definition) is 6. The molecule has 1 atom stereocenters. The fraction of sp³-hybridized carbons (Fsp3) is 0.250. The minimum absolute atomic E-state index is 0.135. The van der Waals surface area contributed by atoms with Crippen molar-refractivity contribution in [1.29, 1.82) is 0 Å². The van der Waals surface area contributed by atoms with Crippen molar-refractivity contribution in [2.75, 3.05) is 11.9 Å². The van der Waals surface area contributed by atoms with Crippen LogP contribution in [0.25, 0.3) is 21.9 Å². The van der Waals surface area contributed by atoms with Crippen LogP contribution in [0.1, 0.15) is 41.4 Å². The van der Waals surface area contributed by atoms with Gasteiger partial charge in [-0.25, -0.2) is 9.97 Å². The minimum Gasteiger partial charge on any atom is -0.481 e. The third-order valence-corrected chi connectivity index (χ3v) is 6.75. The Morgan fingerprint density at radius 2 is 1.92 bits per heavy atom. The summed E-state index contributed by atoms with van der Waals surface area (Å²) in [6.45, 7) is 0.984. The van der Waals surface area contributed by atoms with E-state index in [1.54, 1.807) is 17.1 Å². The van der Waals surface area contributed by atoms with Crippen molar-refractivity contribution < 1.29 is 9.90 Å². The van der Waals surface area contributed by atoms with Gasteiger partial charge in [0, 0.05) is 17.6 Å². The fourth-order valence-electron chi connectivity index (χ4n) is 4.90. The standard InChI is InChI=1S/C28H26N6O2/c35-27(36)15-26(24-17-30-22-5-1-2-6-23(22)33-24)34-25-12-8-18(14-20(25)16-31-34)7-10-21-11-9-19-4-3-13-29-28(19)32-21/h1-2,5-6,8-9,11-12,14,16-17,26H,3-4,7,10,13,15H2,(H,29,32)(H,35,36). The van der Waals surface area contributed by atoms with Crippen LogP contribution in [0, 0.1) is 0 Å². The highest BCUT2D eigenvalue weighted by atomic mass is 16.4. The lowest BCUT2D eigenvalue weighted by atomic mass is 10.0. The number of aromatic nitrogens is 5. The van der Waals surface area contributed by atoms with Crippen LogP contribution in [-0.4, -0.2) is 42.4 Å². The van der Waals surface area contributed by atoms with Gasteiger partial charge in [0.2, 0.25) is 0 Å². The molecular formula is C28H26N6O2. The molecule has 8 nitrogen and oxygen atoms in total. The van der Waals surface area contributed by atoms with Crippen LogP contribution in [0.15, 0.2) is 67.0 Å². The summed E-state index contributed by atoms with van der Waals surface area (Å²) >= 11 is 0. The van der Waals surface area contributed by atoms with Crippen molar-refractivity contribution in [3.05, 3.63) is 89.5 Å². The first kappa shape index (κ1) is 22.2. The minimum atomic E-state index is -0.915. The zero-order valence-electron chi connectivity index (χ0n) is 19.8. The Bertz CT molecular complexity index is 1580. The molecule has 0 aliphatic carbocycles. The van der Waals surface area contributed by atoms with Gasteiger partial charge >= 0.3 is 5.97 Å². The van der Waals surface area contributed by atoms with Crippen molar-refractivity contribution in [3.8, 4) is 0 Å². The number of nitrogens with one attached hydrogen (secondary N) is 1. The number of benzene rings is 2. The van der Waals surface area contributed by atoms with Gasteiger partial charge in [0.1, 0.15) is 11.9 Å². The van der Waals surface area contributed by atoms with E-state index in [0.717, 1.165) is 65.7 Å². The summed E-state index contributed by atoms with van der Waals surface area (Å²) in [6.07, 6.45) is 7.27. The highest BCUT2D eigenvalue weighted by molar-refractivity contribution is 5.80. The maximum atomic E-state index is 11.7. The average Bonchev–Trinajstić information content (AvgIpc) is 3.33. The molecule has 0 spiro atoms.